The van der Waals surface area contributed by atoms with Crippen molar-refractivity contribution in [2.75, 3.05) is 0 Å². The number of hydrogen-bond donors (Lipinski definition) is 0. The van der Waals surface area contributed by atoms with Crippen LogP contribution in [0.1, 0.15) is 0 Å². The first-order valence-corrected chi connectivity index (χ1v) is 18.5. The number of hydrogen-bond acceptors (Lipinski definition) is 4. The van der Waals surface area contributed by atoms with E-state index in [0.29, 0.717) is 17.2 Å². The Balaban J connectivity index is 1.18. The van der Waals surface area contributed by atoms with E-state index in [2.05, 4.69) is 95.6 Å². The molecule has 10 aromatic rings. The van der Waals surface area contributed by atoms with E-state index in [1.807, 2.05) is 48.5 Å². The van der Waals surface area contributed by atoms with Crippen molar-refractivity contribution >= 4 is 120 Å². The standard InChI is InChI=1S/C45H23B5N4S/c46-38-37(39(47)41(49)42(50)40(38)48)45-52-43(24-10-3-1-4-11-24)51-44(53-45)29-15-9-17-35-36(29)31-23-26(19-21-34(31)55-35)25-18-20-33-30(22-25)28-14-7-8-16-32(28)54(33)27-12-5-2-6-13-27/h1-23H. The van der Waals surface area contributed by atoms with Crippen molar-refractivity contribution in [3.05, 3.63) is 140 Å². The molecule has 0 saturated carbocycles. The number of benzene rings is 7. The van der Waals surface area contributed by atoms with Crippen LogP contribution < -0.4 is 27.3 Å². The van der Waals surface area contributed by atoms with Gasteiger partial charge in [0.1, 0.15) is 39.2 Å². The van der Waals surface area contributed by atoms with Crippen molar-refractivity contribution < 1.29 is 0 Å². The molecule has 0 unspecified atom stereocenters. The van der Waals surface area contributed by atoms with E-state index in [9.17, 15) is 0 Å². The summed E-state index contributed by atoms with van der Waals surface area (Å²) in [6.45, 7) is 0. The Hall–Kier alpha value is -6.11. The Morgan fingerprint density at radius 1 is 0.418 bits per heavy atom. The van der Waals surface area contributed by atoms with Crippen LogP contribution in [0.3, 0.4) is 0 Å². The summed E-state index contributed by atoms with van der Waals surface area (Å²) < 4.78 is 4.59. The number of thiophene rings is 1. The van der Waals surface area contributed by atoms with Crippen LogP contribution >= 0.6 is 11.3 Å². The summed E-state index contributed by atoms with van der Waals surface area (Å²) in [5.74, 6) is 1.16. The van der Waals surface area contributed by atoms with Crippen LogP contribution in [0.25, 0.3) is 93.0 Å². The predicted molar refractivity (Wildman–Crippen MR) is 236 cm³/mol. The lowest BCUT2D eigenvalue weighted by atomic mass is 9.60. The van der Waals surface area contributed by atoms with Gasteiger partial charge < -0.3 is 4.57 Å². The van der Waals surface area contributed by atoms with E-state index in [1.54, 1.807) is 11.3 Å². The van der Waals surface area contributed by atoms with Crippen molar-refractivity contribution in [3.8, 4) is 51.0 Å². The molecule has 3 heterocycles. The Morgan fingerprint density at radius 3 is 1.78 bits per heavy atom. The summed E-state index contributed by atoms with van der Waals surface area (Å²) in [4.78, 5) is 14.9. The molecule has 0 aliphatic rings. The lowest BCUT2D eigenvalue weighted by Gasteiger charge is -2.20. The Morgan fingerprint density at radius 2 is 1.02 bits per heavy atom. The van der Waals surface area contributed by atoms with Crippen LogP contribution in [-0.4, -0.2) is 58.8 Å². The van der Waals surface area contributed by atoms with Crippen LogP contribution in [0.4, 0.5) is 0 Å². The molecule has 10 rings (SSSR count). The van der Waals surface area contributed by atoms with E-state index < -0.39 is 0 Å². The van der Waals surface area contributed by atoms with Gasteiger partial charge in [-0.25, -0.2) is 15.0 Å². The molecule has 0 saturated heterocycles. The van der Waals surface area contributed by atoms with Gasteiger partial charge in [-0.2, -0.15) is 0 Å². The number of rotatable bonds is 5. The van der Waals surface area contributed by atoms with Crippen molar-refractivity contribution in [1.82, 2.24) is 19.5 Å². The second kappa shape index (κ2) is 13.0. The molecule has 244 valence electrons. The predicted octanol–water partition coefficient (Wildman–Crippen LogP) is 5.97. The monoisotopic (exact) mass is 706 g/mol. The van der Waals surface area contributed by atoms with Gasteiger partial charge in [0.25, 0.3) is 0 Å². The van der Waals surface area contributed by atoms with E-state index in [-0.39, 0.29) is 33.1 Å². The van der Waals surface area contributed by atoms with Crippen molar-refractivity contribution in [3.63, 3.8) is 0 Å². The van der Waals surface area contributed by atoms with Gasteiger partial charge in [0.15, 0.2) is 17.5 Å². The fraction of sp³-hybridized carbons (Fsp3) is 0. The van der Waals surface area contributed by atoms with Gasteiger partial charge in [0, 0.05) is 53.3 Å². The average molecular weight is 706 g/mol. The normalized spacial score (nSPS) is 11.6. The summed E-state index contributed by atoms with van der Waals surface area (Å²) in [7, 11) is 31.8. The molecule has 0 amide bonds. The van der Waals surface area contributed by atoms with Gasteiger partial charge in [-0.15, -0.1) is 27.7 Å². The molecular formula is C45H23B5N4S. The van der Waals surface area contributed by atoms with E-state index in [4.69, 9.17) is 54.2 Å². The number of fused-ring (bicyclic) bond motifs is 6. The molecule has 7 aromatic carbocycles. The highest BCUT2D eigenvalue weighted by Crippen LogP contribution is 2.42. The topological polar surface area (TPSA) is 43.6 Å². The second-order valence-electron chi connectivity index (χ2n) is 13.5. The third-order valence-electron chi connectivity index (χ3n) is 10.3. The van der Waals surface area contributed by atoms with Gasteiger partial charge >= 0.3 is 0 Å². The van der Waals surface area contributed by atoms with Crippen LogP contribution in [0.15, 0.2) is 140 Å². The third-order valence-corrected chi connectivity index (χ3v) is 11.5. The molecule has 0 N–H and O–H groups in total. The molecule has 3 aromatic heterocycles. The van der Waals surface area contributed by atoms with Crippen LogP contribution in [0.5, 0.6) is 0 Å². The molecule has 4 nitrogen and oxygen atoms in total. The van der Waals surface area contributed by atoms with E-state index in [1.165, 1.54) is 16.3 Å². The maximum Gasteiger partial charge on any atom is 0.164 e. The zero-order valence-corrected chi connectivity index (χ0v) is 30.2. The van der Waals surface area contributed by atoms with Crippen LogP contribution in [0.2, 0.25) is 0 Å². The van der Waals surface area contributed by atoms with Gasteiger partial charge in [-0.3, -0.25) is 0 Å². The molecule has 0 fully saturated rings. The first kappa shape index (κ1) is 33.5. The summed E-state index contributed by atoms with van der Waals surface area (Å²) >= 11 is 1.73. The van der Waals surface area contributed by atoms with Gasteiger partial charge in [-0.1, -0.05) is 102 Å². The molecule has 10 heteroatoms. The minimum Gasteiger partial charge on any atom is -0.309 e. The Labute approximate surface area is 328 Å². The maximum absolute atomic E-state index is 6.54. The summed E-state index contributed by atoms with van der Waals surface area (Å²) in [6, 6.07) is 48.4. The molecular weight excluding hydrogens is 683 g/mol. The summed E-state index contributed by atoms with van der Waals surface area (Å²) in [6.07, 6.45) is 0. The van der Waals surface area contributed by atoms with Crippen LogP contribution in [-0.2, 0) is 0 Å². The lowest BCUT2D eigenvalue weighted by Crippen LogP contribution is -2.55. The van der Waals surface area contributed by atoms with Gasteiger partial charge in [0.2, 0.25) is 0 Å². The van der Waals surface area contributed by atoms with Gasteiger partial charge in [-0.05, 0) is 59.7 Å². The largest absolute Gasteiger partial charge is 0.309 e. The molecule has 0 aliphatic carbocycles. The molecule has 0 bridgehead atoms. The smallest absolute Gasteiger partial charge is 0.164 e. The van der Waals surface area contributed by atoms with E-state index in [0.717, 1.165) is 53.6 Å². The Kier molecular flexibility index (Phi) is 7.93. The van der Waals surface area contributed by atoms with E-state index >= 15 is 0 Å². The minimum absolute atomic E-state index is 0.128. The minimum atomic E-state index is 0.128. The number of nitrogens with zero attached hydrogens (tertiary/aromatic N) is 4. The zero-order chi connectivity index (χ0) is 37.4. The highest BCUT2D eigenvalue weighted by Gasteiger charge is 2.21. The molecule has 55 heavy (non-hydrogen) atoms. The van der Waals surface area contributed by atoms with Crippen molar-refractivity contribution in [1.29, 1.82) is 0 Å². The second-order valence-corrected chi connectivity index (χ2v) is 14.6. The first-order chi connectivity index (χ1) is 26.9. The molecule has 0 atom stereocenters. The Bertz CT molecular complexity index is 3130. The fourth-order valence-electron chi connectivity index (χ4n) is 7.62. The molecule has 0 aliphatic heterocycles. The highest BCUT2D eigenvalue weighted by atomic mass is 32.1. The first-order valence-electron chi connectivity index (χ1n) is 17.7. The SMILES string of the molecule is [B]c1c([B])c([B])c(-c2nc(-c3ccccc3)nc(-c3cccc4sc5ccc(-c6ccc7c(c6)c6ccccc6n7-c6ccccc6)cc5c34)n2)c([B])c1[B]. The lowest BCUT2D eigenvalue weighted by molar-refractivity contribution is 1.08. The highest BCUT2D eigenvalue weighted by molar-refractivity contribution is 7.26. The fourth-order valence-corrected chi connectivity index (χ4v) is 8.73. The average Bonchev–Trinajstić information content (AvgIpc) is 3.78. The number of aromatic nitrogens is 4. The number of para-hydroxylation sites is 2. The molecule has 0 spiro atoms. The third kappa shape index (κ3) is 5.38. The van der Waals surface area contributed by atoms with Crippen molar-refractivity contribution in [2.24, 2.45) is 0 Å². The van der Waals surface area contributed by atoms with Crippen LogP contribution in [0, 0.1) is 0 Å². The zero-order valence-electron chi connectivity index (χ0n) is 29.4. The molecule has 10 radical (unpaired) electrons. The van der Waals surface area contributed by atoms with Crippen molar-refractivity contribution in [2.45, 2.75) is 0 Å². The quantitative estimate of drug-likeness (QED) is 0.207. The van der Waals surface area contributed by atoms with Gasteiger partial charge in [0.05, 0.1) is 11.0 Å². The summed E-state index contributed by atoms with van der Waals surface area (Å²) in [5, 5.41) is 4.54. The maximum atomic E-state index is 6.54. The summed E-state index contributed by atoms with van der Waals surface area (Å²) in [5.41, 5.74) is 8.36.